The molecule has 2 aromatic carbocycles. The smallest absolute Gasteiger partial charge is 0.181 e. The van der Waals surface area contributed by atoms with Crippen molar-refractivity contribution in [3.05, 3.63) is 57.8 Å². The number of benzene rings is 2. The molecule has 2 heterocycles. The van der Waals surface area contributed by atoms with Crippen LogP contribution in [0.25, 0.3) is 21.8 Å². The lowest BCUT2D eigenvalue weighted by Gasteiger charge is -2.24. The zero-order chi connectivity index (χ0) is 28.7. The molecule has 8 nitrogen and oxygen atoms in total. The molecule has 0 saturated heterocycles. The zero-order valence-corrected chi connectivity index (χ0v) is 24.8. The maximum atomic E-state index is 12.6. The van der Waals surface area contributed by atoms with Gasteiger partial charge in [-0.2, -0.15) is 0 Å². The summed E-state index contributed by atoms with van der Waals surface area (Å²) >= 11 is 11.9. The molecule has 3 N–H and O–H groups in total. The maximum Gasteiger partial charge on any atom is 0.181 e. The van der Waals surface area contributed by atoms with Crippen LogP contribution < -0.4 is 0 Å². The summed E-state index contributed by atoms with van der Waals surface area (Å²) in [6, 6.07) is 10.0. The van der Waals surface area contributed by atoms with E-state index in [0.717, 1.165) is 38.5 Å². The molecule has 6 rings (SSSR count). The third kappa shape index (κ3) is 5.83. The molecule has 214 valence electrons. The molecule has 2 fully saturated rings. The first-order chi connectivity index (χ1) is 19.0. The van der Waals surface area contributed by atoms with Gasteiger partial charge < -0.3 is 15.1 Å². The number of aliphatic hydroxyl groups is 1. The largest absolute Gasteiger partial charge is 0.390 e. The minimum absolute atomic E-state index is 0.0944. The van der Waals surface area contributed by atoms with Gasteiger partial charge in [-0.05, 0) is 73.9 Å². The minimum atomic E-state index is -3.48. The summed E-state index contributed by atoms with van der Waals surface area (Å²) < 4.78 is 50.4. The van der Waals surface area contributed by atoms with Crippen molar-refractivity contribution in [3.8, 4) is 0 Å². The van der Waals surface area contributed by atoms with Gasteiger partial charge in [-0.3, -0.25) is 4.79 Å². The van der Waals surface area contributed by atoms with Crippen molar-refractivity contribution < 1.29 is 26.7 Å². The van der Waals surface area contributed by atoms with Gasteiger partial charge in [-0.1, -0.05) is 36.0 Å². The monoisotopic (exact) mass is 624 g/mol. The zero-order valence-electron chi connectivity index (χ0n) is 21.6. The molecule has 2 aromatic heterocycles. The number of carbonyl (C=O) groups excluding carboxylic acids is 1. The van der Waals surface area contributed by atoms with Crippen LogP contribution in [-0.4, -0.2) is 49.7 Å². The maximum absolute atomic E-state index is 12.6. The quantitative estimate of drug-likeness (QED) is 0.203. The number of aliphatic hydroxyl groups excluding tert-OH is 1. The lowest BCUT2D eigenvalue weighted by molar-refractivity contribution is 0.111. The molecule has 0 atom stereocenters. The van der Waals surface area contributed by atoms with Crippen LogP contribution in [0.15, 0.2) is 46.2 Å². The van der Waals surface area contributed by atoms with E-state index in [1.54, 1.807) is 36.4 Å². The van der Waals surface area contributed by atoms with Crippen LogP contribution in [0.4, 0.5) is 0 Å². The molecule has 0 spiro atoms. The fourth-order valence-electron chi connectivity index (χ4n) is 5.35. The van der Waals surface area contributed by atoms with Crippen LogP contribution >= 0.6 is 23.2 Å². The number of carbonyl (C=O) groups is 1. The topological polar surface area (TPSA) is 137 Å². The Morgan fingerprint density at radius 2 is 1.25 bits per heavy atom. The Kier molecular flexibility index (Phi) is 8.37. The lowest BCUT2D eigenvalue weighted by Crippen LogP contribution is -2.22. The highest BCUT2D eigenvalue weighted by Crippen LogP contribution is 2.36. The van der Waals surface area contributed by atoms with Crippen LogP contribution in [0.2, 0.25) is 10.0 Å². The molecular weight excluding hydrogens is 595 g/mol. The third-order valence-electron chi connectivity index (χ3n) is 7.78. The van der Waals surface area contributed by atoms with E-state index in [4.69, 9.17) is 23.2 Å². The van der Waals surface area contributed by atoms with Gasteiger partial charge in [0.05, 0.1) is 34.4 Å². The van der Waals surface area contributed by atoms with Crippen molar-refractivity contribution in [3.63, 3.8) is 0 Å². The van der Waals surface area contributed by atoms with Crippen LogP contribution in [0, 0.1) is 11.8 Å². The van der Waals surface area contributed by atoms with Gasteiger partial charge >= 0.3 is 0 Å². The van der Waals surface area contributed by atoms with Crippen molar-refractivity contribution in [2.75, 3.05) is 11.5 Å². The molecule has 2 aliphatic rings. The summed E-state index contributed by atoms with van der Waals surface area (Å²) in [7, 11) is -6.90. The molecule has 2 aliphatic carbocycles. The molecule has 0 unspecified atom stereocenters. The summed E-state index contributed by atoms with van der Waals surface area (Å²) in [6.45, 7) is -0.328. The first-order valence-electron chi connectivity index (χ1n) is 13.1. The van der Waals surface area contributed by atoms with Crippen molar-refractivity contribution in [1.82, 2.24) is 9.97 Å². The first kappa shape index (κ1) is 29.1. The predicted molar refractivity (Wildman–Crippen MR) is 157 cm³/mol. The van der Waals surface area contributed by atoms with E-state index in [1.807, 2.05) is 0 Å². The molecule has 2 saturated carbocycles. The van der Waals surface area contributed by atoms with Crippen LogP contribution in [0.3, 0.4) is 0 Å². The number of nitrogens with one attached hydrogen (secondary N) is 2. The van der Waals surface area contributed by atoms with Gasteiger partial charge in [0.25, 0.3) is 0 Å². The van der Waals surface area contributed by atoms with Gasteiger partial charge in [0.2, 0.25) is 0 Å². The van der Waals surface area contributed by atoms with Crippen molar-refractivity contribution >= 4 is 71.0 Å². The summed E-state index contributed by atoms with van der Waals surface area (Å²) in [4.78, 5) is 17.3. The van der Waals surface area contributed by atoms with E-state index < -0.39 is 19.7 Å². The molecule has 0 amide bonds. The second-order valence-electron chi connectivity index (χ2n) is 10.6. The second kappa shape index (κ2) is 11.5. The highest BCUT2D eigenvalue weighted by Gasteiger charge is 2.31. The molecule has 0 aliphatic heterocycles. The first-order valence-corrected chi connectivity index (χ1v) is 17.2. The second-order valence-corrected chi connectivity index (χ2v) is 15.4. The minimum Gasteiger partial charge on any atom is -0.390 e. The Morgan fingerprint density at radius 3 is 1.70 bits per heavy atom. The number of hydrogen-bond acceptors (Lipinski definition) is 6. The number of rotatable bonds is 8. The Balaban J connectivity index is 0.000000161. The molecule has 0 radical (unpaired) electrons. The summed E-state index contributed by atoms with van der Waals surface area (Å²) in [6.07, 6.45) is 6.57. The number of sulfone groups is 2. The van der Waals surface area contributed by atoms with E-state index in [9.17, 15) is 26.7 Å². The summed E-state index contributed by atoms with van der Waals surface area (Å²) in [5.74, 6) is 0.714. The van der Waals surface area contributed by atoms with E-state index in [-0.39, 0.29) is 45.4 Å². The average Bonchev–Trinajstić information content (AvgIpc) is 3.42. The lowest BCUT2D eigenvalue weighted by atomic mass is 9.87. The number of aromatic nitrogens is 2. The summed E-state index contributed by atoms with van der Waals surface area (Å²) in [5, 5.41) is 11.4. The van der Waals surface area contributed by atoms with E-state index in [1.165, 1.54) is 0 Å². The Labute approximate surface area is 242 Å². The van der Waals surface area contributed by atoms with Crippen molar-refractivity contribution in [2.24, 2.45) is 11.8 Å². The number of fused-ring (bicyclic) bond motifs is 2. The fraction of sp³-hybridized carbons (Fsp3) is 0.393. The van der Waals surface area contributed by atoms with Gasteiger partial charge in [0.1, 0.15) is 4.90 Å². The SMILES string of the molecule is O=Cc1[nH]c2ccc(Cl)cc2c1S(=O)(=O)CC1CCC1.O=S(=O)(CC1CCC1)c1c(CO)[nH]c2ccc(Cl)cc12. The number of aromatic amines is 2. The van der Waals surface area contributed by atoms with Crippen LogP contribution in [0.5, 0.6) is 0 Å². The standard InChI is InChI=1S/C14H16ClNO3S.C14H14ClNO3S/c2*15-10-4-5-12-11(6-10)14(13(7-17)16-12)20(18,19)8-9-2-1-3-9/h4-6,9,16-17H,1-3,7-8H2;4-7,9,16H,1-3,8H2. The summed E-state index contributed by atoms with van der Waals surface area (Å²) in [5.41, 5.74) is 1.76. The van der Waals surface area contributed by atoms with E-state index in [0.29, 0.717) is 43.8 Å². The molecule has 4 aromatic rings. The Bertz CT molecular complexity index is 1790. The molecule has 0 bridgehead atoms. The van der Waals surface area contributed by atoms with Crippen LogP contribution in [0.1, 0.15) is 54.7 Å². The number of aldehydes is 1. The third-order valence-corrected chi connectivity index (χ3v) is 12.2. The number of halogens is 2. The highest BCUT2D eigenvalue weighted by molar-refractivity contribution is 7.92. The Morgan fingerprint density at radius 1 is 0.775 bits per heavy atom. The van der Waals surface area contributed by atoms with E-state index >= 15 is 0 Å². The van der Waals surface area contributed by atoms with Gasteiger partial charge in [0, 0.05) is 31.9 Å². The van der Waals surface area contributed by atoms with Gasteiger partial charge in [-0.15, -0.1) is 0 Å². The number of hydrogen-bond donors (Lipinski definition) is 3. The molecular formula is C28H30Cl2N2O6S2. The number of H-pyrrole nitrogens is 2. The van der Waals surface area contributed by atoms with Gasteiger partial charge in [0.15, 0.2) is 26.0 Å². The highest BCUT2D eigenvalue weighted by atomic mass is 35.5. The van der Waals surface area contributed by atoms with Crippen molar-refractivity contribution in [2.45, 2.75) is 54.9 Å². The van der Waals surface area contributed by atoms with E-state index in [2.05, 4.69) is 9.97 Å². The van der Waals surface area contributed by atoms with Crippen LogP contribution in [-0.2, 0) is 26.3 Å². The Hall–Kier alpha value is -2.37. The normalized spacial score (nSPS) is 16.4. The predicted octanol–water partition coefficient (Wildman–Crippen LogP) is 6.10. The van der Waals surface area contributed by atoms with Gasteiger partial charge in [-0.25, -0.2) is 16.8 Å². The molecule has 12 heteroatoms. The van der Waals surface area contributed by atoms with Crippen molar-refractivity contribution in [1.29, 1.82) is 0 Å². The fourth-order valence-corrected chi connectivity index (χ4v) is 9.86. The molecule has 40 heavy (non-hydrogen) atoms. The average molecular weight is 626 g/mol.